The zero-order chi connectivity index (χ0) is 27.6. The monoisotopic (exact) mass is 650 g/mol. The number of para-hydroxylation sites is 2. The molecule has 196 valence electrons. The maximum atomic E-state index is 13.0. The van der Waals surface area contributed by atoms with Gasteiger partial charge < -0.3 is 13.9 Å². The van der Waals surface area contributed by atoms with Crippen molar-refractivity contribution in [1.82, 2.24) is 0 Å². The molecule has 1 atom stereocenters. The lowest BCUT2D eigenvalue weighted by Gasteiger charge is -2.28. The average molecular weight is 652 g/mol. The smallest absolute Gasteiger partial charge is 0.150 e. The summed E-state index contributed by atoms with van der Waals surface area (Å²) in [4.78, 5) is 0. The number of fused-ring (bicyclic) bond motifs is 11. The van der Waals surface area contributed by atoms with E-state index >= 15 is 0 Å². The maximum absolute atomic E-state index is 13.0. The van der Waals surface area contributed by atoms with Crippen LogP contribution in [0.25, 0.3) is 55.0 Å². The number of aliphatic hydroxyl groups is 1. The third kappa shape index (κ3) is 3.09. The van der Waals surface area contributed by atoms with Gasteiger partial charge in [-0.15, -0.1) is 0 Å². The third-order valence-corrected chi connectivity index (χ3v) is 9.62. The van der Waals surface area contributed by atoms with Gasteiger partial charge >= 0.3 is 0 Å². The maximum Gasteiger partial charge on any atom is 0.150 e. The Hall–Kier alpha value is -3.38. The standard InChI is InChI=1S/C35H24Br2O3/c1-34(2,3)18-12-14-19(15-13-18)35(38)22-17-25(37)32-29(21-9-5-7-11-27(21)39-32)30(22)31-23(35)16-24(36)28-20-8-4-6-10-26(20)40-33(28)31/h4-17,38H,1-3H3. The summed E-state index contributed by atoms with van der Waals surface area (Å²) in [7, 11) is 0. The van der Waals surface area contributed by atoms with Gasteiger partial charge in [-0.3, -0.25) is 0 Å². The second kappa shape index (κ2) is 8.10. The van der Waals surface area contributed by atoms with E-state index in [1.165, 1.54) is 5.56 Å². The molecule has 0 spiro atoms. The molecular formula is C35H24Br2O3. The minimum Gasteiger partial charge on any atom is -0.455 e. The SMILES string of the molecule is CC(C)(C)c1ccc(C2(O)c3cc(Br)c4c(oc5ccccc54)c3-c3c2cc(Br)c2oc4ccccc4c32)cc1. The van der Waals surface area contributed by atoms with Gasteiger partial charge in [-0.1, -0.05) is 81.4 Å². The summed E-state index contributed by atoms with van der Waals surface area (Å²) in [6.45, 7) is 6.60. The fourth-order valence-corrected chi connectivity index (χ4v) is 7.59. The van der Waals surface area contributed by atoms with E-state index in [2.05, 4.69) is 95.1 Å². The largest absolute Gasteiger partial charge is 0.455 e. The van der Waals surface area contributed by atoms with Gasteiger partial charge in [0.25, 0.3) is 0 Å². The van der Waals surface area contributed by atoms with Crippen LogP contribution in [0.4, 0.5) is 0 Å². The molecule has 0 saturated carbocycles. The Labute approximate surface area is 247 Å². The van der Waals surface area contributed by atoms with Crippen molar-refractivity contribution < 1.29 is 13.9 Å². The molecule has 40 heavy (non-hydrogen) atoms. The normalized spacial score (nSPS) is 16.9. The Kier molecular flexibility index (Phi) is 4.94. The van der Waals surface area contributed by atoms with Crippen LogP contribution in [0.3, 0.4) is 0 Å². The molecule has 5 heteroatoms. The Morgan fingerprint density at radius 1 is 0.650 bits per heavy atom. The molecule has 1 aliphatic carbocycles. The molecule has 0 aliphatic heterocycles. The van der Waals surface area contributed by atoms with Crippen LogP contribution in [0.2, 0.25) is 0 Å². The van der Waals surface area contributed by atoms with Crippen molar-refractivity contribution in [1.29, 1.82) is 0 Å². The van der Waals surface area contributed by atoms with Gasteiger partial charge in [-0.2, -0.15) is 0 Å². The Morgan fingerprint density at radius 2 is 1.20 bits per heavy atom. The van der Waals surface area contributed by atoms with Crippen LogP contribution in [-0.2, 0) is 11.0 Å². The molecule has 7 aromatic rings. The fraction of sp³-hybridized carbons (Fsp3) is 0.143. The predicted octanol–water partition coefficient (Wildman–Crippen LogP) is 10.6. The number of hydrogen-bond acceptors (Lipinski definition) is 3. The predicted molar refractivity (Wildman–Crippen MR) is 169 cm³/mol. The molecule has 1 unspecified atom stereocenters. The highest BCUT2D eigenvalue weighted by molar-refractivity contribution is 9.11. The van der Waals surface area contributed by atoms with Crippen molar-refractivity contribution in [2.24, 2.45) is 0 Å². The number of furan rings is 2. The van der Waals surface area contributed by atoms with Gasteiger partial charge in [0.2, 0.25) is 0 Å². The summed E-state index contributed by atoms with van der Waals surface area (Å²) in [6, 6.07) is 28.6. The van der Waals surface area contributed by atoms with E-state index in [-0.39, 0.29) is 5.41 Å². The quantitative estimate of drug-likeness (QED) is 0.192. The highest BCUT2D eigenvalue weighted by Gasteiger charge is 2.47. The van der Waals surface area contributed by atoms with Gasteiger partial charge in [0.15, 0.2) is 0 Å². The van der Waals surface area contributed by atoms with Crippen LogP contribution in [0.1, 0.15) is 43.0 Å². The van der Waals surface area contributed by atoms with Crippen LogP contribution in [-0.4, -0.2) is 5.11 Å². The molecule has 1 aliphatic rings. The molecule has 2 aromatic heterocycles. The second-order valence-corrected chi connectivity index (χ2v) is 13.4. The van der Waals surface area contributed by atoms with Gasteiger partial charge in [-0.25, -0.2) is 0 Å². The minimum absolute atomic E-state index is 0.000999. The zero-order valence-corrected chi connectivity index (χ0v) is 25.3. The van der Waals surface area contributed by atoms with Crippen LogP contribution >= 0.6 is 31.9 Å². The average Bonchev–Trinajstić information content (AvgIpc) is 3.59. The first-order valence-electron chi connectivity index (χ1n) is 13.3. The van der Waals surface area contributed by atoms with Crippen LogP contribution in [0.5, 0.6) is 0 Å². The van der Waals surface area contributed by atoms with Crippen molar-refractivity contribution in [3.63, 3.8) is 0 Å². The Balaban J connectivity index is 1.58. The summed E-state index contributed by atoms with van der Waals surface area (Å²) < 4.78 is 14.7. The molecule has 0 fully saturated rings. The number of benzene rings is 5. The van der Waals surface area contributed by atoms with Crippen LogP contribution < -0.4 is 0 Å². The van der Waals surface area contributed by atoms with Gasteiger partial charge in [0.1, 0.15) is 27.9 Å². The number of rotatable bonds is 1. The molecule has 0 radical (unpaired) electrons. The minimum atomic E-state index is -1.41. The van der Waals surface area contributed by atoms with E-state index in [9.17, 15) is 5.11 Å². The molecule has 8 rings (SSSR count). The van der Waals surface area contributed by atoms with E-state index in [1.807, 2.05) is 42.5 Å². The molecule has 5 aromatic carbocycles. The topological polar surface area (TPSA) is 46.5 Å². The molecule has 3 nitrogen and oxygen atoms in total. The van der Waals surface area contributed by atoms with E-state index in [0.29, 0.717) is 0 Å². The molecule has 1 N–H and O–H groups in total. The van der Waals surface area contributed by atoms with Gasteiger partial charge in [-0.05, 0) is 72.7 Å². The van der Waals surface area contributed by atoms with E-state index in [1.54, 1.807) is 0 Å². The summed E-state index contributed by atoms with van der Waals surface area (Å²) in [6.07, 6.45) is 0. The van der Waals surface area contributed by atoms with Crippen LogP contribution in [0.15, 0.2) is 103 Å². The zero-order valence-electron chi connectivity index (χ0n) is 22.1. The van der Waals surface area contributed by atoms with Crippen molar-refractivity contribution in [2.45, 2.75) is 31.8 Å². The van der Waals surface area contributed by atoms with Crippen molar-refractivity contribution >= 4 is 75.7 Å². The van der Waals surface area contributed by atoms with E-state index < -0.39 is 5.60 Å². The van der Waals surface area contributed by atoms with Crippen molar-refractivity contribution in [3.8, 4) is 11.1 Å². The summed E-state index contributed by atoms with van der Waals surface area (Å²) in [5.74, 6) is 0. The summed E-state index contributed by atoms with van der Waals surface area (Å²) >= 11 is 7.65. The van der Waals surface area contributed by atoms with Gasteiger partial charge in [0, 0.05) is 48.3 Å². The molecular weight excluding hydrogens is 628 g/mol. The lowest BCUT2D eigenvalue weighted by molar-refractivity contribution is 0.130. The molecule has 0 amide bonds. The first-order valence-corrected chi connectivity index (χ1v) is 14.9. The Morgan fingerprint density at radius 3 is 1.85 bits per heavy atom. The Bertz CT molecular complexity index is 2180. The second-order valence-electron chi connectivity index (χ2n) is 11.7. The number of halogens is 2. The highest BCUT2D eigenvalue weighted by atomic mass is 79.9. The highest BCUT2D eigenvalue weighted by Crippen LogP contribution is 2.59. The molecule has 0 bridgehead atoms. The molecule has 2 heterocycles. The first-order chi connectivity index (χ1) is 19.2. The van der Waals surface area contributed by atoms with Crippen molar-refractivity contribution in [2.75, 3.05) is 0 Å². The van der Waals surface area contributed by atoms with Crippen LogP contribution in [0, 0.1) is 0 Å². The van der Waals surface area contributed by atoms with Gasteiger partial charge in [0.05, 0.1) is 4.47 Å². The van der Waals surface area contributed by atoms with Crippen molar-refractivity contribution in [3.05, 3.63) is 116 Å². The van der Waals surface area contributed by atoms with E-state index in [0.717, 1.165) is 80.6 Å². The number of hydrogen-bond donors (Lipinski definition) is 1. The summed E-state index contributed by atoms with van der Waals surface area (Å²) in [5.41, 5.74) is 7.16. The summed E-state index contributed by atoms with van der Waals surface area (Å²) in [5, 5.41) is 17.0. The molecule has 0 saturated heterocycles. The lowest BCUT2D eigenvalue weighted by atomic mass is 9.81. The third-order valence-electron chi connectivity index (χ3n) is 8.40. The fourth-order valence-electron chi connectivity index (χ4n) is 6.46. The van der Waals surface area contributed by atoms with E-state index in [4.69, 9.17) is 8.83 Å². The lowest BCUT2D eigenvalue weighted by Crippen LogP contribution is -2.26. The first kappa shape index (κ1) is 24.4.